The number of H-pyrrole nitrogens is 1. The average Bonchev–Trinajstić information content (AvgIpc) is 3.25. The number of imidazole rings is 1. The molecule has 1 amide bonds. The average molecular weight is 409 g/mol. The maximum atomic E-state index is 12.5. The Labute approximate surface area is 177 Å². The summed E-state index contributed by atoms with van der Waals surface area (Å²) in [5.41, 5.74) is 3.90. The second-order valence-electron chi connectivity index (χ2n) is 6.84. The molecule has 0 aliphatic carbocycles. The maximum absolute atomic E-state index is 12.5. The number of amides is 1. The molecule has 0 aliphatic heterocycles. The van der Waals surface area contributed by atoms with Crippen LogP contribution < -0.4 is 0 Å². The highest BCUT2D eigenvalue weighted by Gasteiger charge is 2.24. The second kappa shape index (κ2) is 11.0. The number of aromatic nitrogens is 2. The van der Waals surface area contributed by atoms with Gasteiger partial charge in [0.15, 0.2) is 0 Å². The summed E-state index contributed by atoms with van der Waals surface area (Å²) >= 11 is 0. The van der Waals surface area contributed by atoms with Crippen molar-refractivity contribution in [3.8, 4) is 6.07 Å². The Kier molecular flexibility index (Phi) is 8.45. The van der Waals surface area contributed by atoms with E-state index in [1.165, 1.54) is 5.56 Å². The number of nitriles is 1. The van der Waals surface area contributed by atoms with Crippen molar-refractivity contribution in [3.63, 3.8) is 0 Å². The summed E-state index contributed by atoms with van der Waals surface area (Å²) in [7, 11) is 0. The Hall–Kier alpha value is -3.10. The third kappa shape index (κ3) is 6.20. The molecule has 0 saturated heterocycles. The first-order valence-corrected chi connectivity index (χ1v) is 9.46. The lowest BCUT2D eigenvalue weighted by Gasteiger charge is -2.30. The fourth-order valence-corrected chi connectivity index (χ4v) is 3.41. The Balaban J connectivity index is 0.00000300. The van der Waals surface area contributed by atoms with Crippen molar-refractivity contribution in [1.29, 1.82) is 5.26 Å². The number of aromatic amines is 1. The molecule has 0 aliphatic rings. The van der Waals surface area contributed by atoms with E-state index in [-0.39, 0.29) is 24.4 Å². The van der Waals surface area contributed by atoms with Gasteiger partial charge in [-0.1, -0.05) is 42.5 Å². The van der Waals surface area contributed by atoms with Crippen LogP contribution in [-0.4, -0.2) is 27.3 Å². The van der Waals surface area contributed by atoms with Crippen molar-refractivity contribution in [2.75, 3.05) is 6.54 Å². The number of halogens is 1. The molecule has 150 valence electrons. The van der Waals surface area contributed by atoms with Crippen LogP contribution in [0, 0.1) is 11.3 Å². The van der Waals surface area contributed by atoms with Gasteiger partial charge in [0.05, 0.1) is 35.9 Å². The van der Waals surface area contributed by atoms with Crippen LogP contribution in [0.3, 0.4) is 0 Å². The number of nitrogens with one attached hydrogen (secondary N) is 1. The number of hydrogen-bond donors (Lipinski definition) is 1. The second-order valence-corrected chi connectivity index (χ2v) is 6.84. The number of carbonyl (C=O) groups excluding carboxylic acids is 1. The molecular weight excluding hydrogens is 384 g/mol. The summed E-state index contributed by atoms with van der Waals surface area (Å²) in [6.07, 6.45) is 5.91. The third-order valence-electron chi connectivity index (χ3n) is 4.88. The molecule has 2 aromatic carbocycles. The van der Waals surface area contributed by atoms with Crippen LogP contribution in [0.25, 0.3) is 0 Å². The van der Waals surface area contributed by atoms with E-state index in [1.54, 1.807) is 19.4 Å². The highest BCUT2D eigenvalue weighted by atomic mass is 35.5. The van der Waals surface area contributed by atoms with Crippen LogP contribution in [-0.2, 0) is 17.6 Å². The van der Waals surface area contributed by atoms with Gasteiger partial charge in [-0.2, -0.15) is 5.26 Å². The number of nitrogens with zero attached hydrogens (tertiary/aromatic N) is 3. The van der Waals surface area contributed by atoms with E-state index in [0.717, 1.165) is 24.1 Å². The van der Waals surface area contributed by atoms with E-state index in [0.29, 0.717) is 18.5 Å². The first kappa shape index (κ1) is 22.2. The molecule has 6 heteroatoms. The van der Waals surface area contributed by atoms with Gasteiger partial charge in [0.2, 0.25) is 5.91 Å². The summed E-state index contributed by atoms with van der Waals surface area (Å²) in [6, 6.07) is 19.9. The van der Waals surface area contributed by atoms with E-state index < -0.39 is 0 Å². The Morgan fingerprint density at radius 2 is 1.86 bits per heavy atom. The monoisotopic (exact) mass is 408 g/mol. The molecule has 29 heavy (non-hydrogen) atoms. The van der Waals surface area contributed by atoms with Gasteiger partial charge in [-0.05, 0) is 42.5 Å². The molecule has 0 saturated carbocycles. The number of rotatable bonds is 8. The first-order valence-electron chi connectivity index (χ1n) is 9.46. The van der Waals surface area contributed by atoms with Crippen molar-refractivity contribution in [2.45, 2.75) is 32.2 Å². The van der Waals surface area contributed by atoms with Crippen molar-refractivity contribution in [3.05, 3.63) is 89.5 Å². The Morgan fingerprint density at radius 1 is 1.14 bits per heavy atom. The molecule has 1 unspecified atom stereocenters. The standard InChI is InChI=1S/C23H24N4O.ClH/c1-18(28)27(13-5-8-19-6-3-2-4-7-19)23(22-16-25-17-26-22)14-20-9-11-21(15-24)12-10-20;/h2-4,6-7,9-12,16-17,23H,5,8,13-14H2,1H3,(H,25,26);1H. The molecule has 0 radical (unpaired) electrons. The number of carbonyl (C=O) groups is 1. The zero-order valence-electron chi connectivity index (χ0n) is 16.4. The zero-order chi connectivity index (χ0) is 19.8. The van der Waals surface area contributed by atoms with Crippen LogP contribution in [0.1, 0.15) is 41.8 Å². The SMILES string of the molecule is CC(=O)N(CCCc1ccccc1)C(Cc1ccc(C#N)cc1)c1cnc[nH]1.Cl. The van der Waals surface area contributed by atoms with E-state index >= 15 is 0 Å². The minimum Gasteiger partial charge on any atom is -0.347 e. The summed E-state index contributed by atoms with van der Waals surface area (Å²) in [5, 5.41) is 9.00. The number of aryl methyl sites for hydroxylation is 1. The molecule has 3 rings (SSSR count). The summed E-state index contributed by atoms with van der Waals surface area (Å²) < 4.78 is 0. The maximum Gasteiger partial charge on any atom is 0.220 e. The third-order valence-corrected chi connectivity index (χ3v) is 4.88. The quantitative estimate of drug-likeness (QED) is 0.597. The predicted octanol–water partition coefficient (Wildman–Crippen LogP) is 4.47. The van der Waals surface area contributed by atoms with Crippen molar-refractivity contribution in [2.24, 2.45) is 0 Å². The van der Waals surface area contributed by atoms with Gasteiger partial charge in [0.25, 0.3) is 0 Å². The molecule has 1 N–H and O–H groups in total. The molecule has 1 atom stereocenters. The van der Waals surface area contributed by atoms with Crippen LogP contribution in [0.2, 0.25) is 0 Å². The lowest BCUT2D eigenvalue weighted by atomic mass is 10.00. The van der Waals surface area contributed by atoms with E-state index in [2.05, 4.69) is 28.2 Å². The van der Waals surface area contributed by atoms with E-state index in [1.807, 2.05) is 47.4 Å². The van der Waals surface area contributed by atoms with Crippen molar-refractivity contribution < 1.29 is 4.79 Å². The highest BCUT2D eigenvalue weighted by molar-refractivity contribution is 5.85. The van der Waals surface area contributed by atoms with Crippen LogP contribution >= 0.6 is 12.4 Å². The van der Waals surface area contributed by atoms with E-state index in [4.69, 9.17) is 5.26 Å². The number of hydrogen-bond acceptors (Lipinski definition) is 3. The predicted molar refractivity (Wildman–Crippen MR) is 116 cm³/mol. The smallest absolute Gasteiger partial charge is 0.220 e. The minimum absolute atomic E-state index is 0. The normalized spacial score (nSPS) is 11.2. The first-order chi connectivity index (χ1) is 13.7. The minimum atomic E-state index is -0.122. The molecule has 1 heterocycles. The molecular formula is C23H25ClN4O. The molecule has 0 spiro atoms. The van der Waals surface area contributed by atoms with Crippen LogP contribution in [0.5, 0.6) is 0 Å². The Bertz CT molecular complexity index is 918. The fraction of sp³-hybridized carbons (Fsp3) is 0.261. The van der Waals surface area contributed by atoms with Crippen molar-refractivity contribution >= 4 is 18.3 Å². The highest BCUT2D eigenvalue weighted by Crippen LogP contribution is 2.24. The molecule has 1 aromatic heterocycles. The molecule has 0 fully saturated rings. The summed E-state index contributed by atoms with van der Waals surface area (Å²) in [4.78, 5) is 21.7. The summed E-state index contributed by atoms with van der Waals surface area (Å²) in [6.45, 7) is 2.29. The van der Waals surface area contributed by atoms with Crippen LogP contribution in [0.4, 0.5) is 0 Å². The van der Waals surface area contributed by atoms with Crippen molar-refractivity contribution in [1.82, 2.24) is 14.9 Å². The van der Waals surface area contributed by atoms with Gasteiger partial charge in [0, 0.05) is 13.5 Å². The topological polar surface area (TPSA) is 72.8 Å². The lowest BCUT2D eigenvalue weighted by molar-refractivity contribution is -0.131. The van der Waals surface area contributed by atoms with Gasteiger partial charge in [0.1, 0.15) is 0 Å². The molecule has 5 nitrogen and oxygen atoms in total. The molecule has 3 aromatic rings. The van der Waals surface area contributed by atoms with Gasteiger partial charge in [-0.25, -0.2) is 4.98 Å². The molecule has 0 bridgehead atoms. The van der Waals surface area contributed by atoms with Gasteiger partial charge in [-0.15, -0.1) is 12.4 Å². The lowest BCUT2D eigenvalue weighted by Crippen LogP contribution is -2.35. The van der Waals surface area contributed by atoms with Crippen LogP contribution in [0.15, 0.2) is 67.1 Å². The van der Waals surface area contributed by atoms with Gasteiger partial charge >= 0.3 is 0 Å². The van der Waals surface area contributed by atoms with Gasteiger partial charge in [-0.3, -0.25) is 4.79 Å². The largest absolute Gasteiger partial charge is 0.347 e. The van der Waals surface area contributed by atoms with E-state index in [9.17, 15) is 4.79 Å². The summed E-state index contributed by atoms with van der Waals surface area (Å²) in [5.74, 6) is 0.0429. The Morgan fingerprint density at radius 3 is 2.45 bits per heavy atom. The number of benzene rings is 2. The zero-order valence-corrected chi connectivity index (χ0v) is 17.2. The van der Waals surface area contributed by atoms with Gasteiger partial charge < -0.3 is 9.88 Å². The fourth-order valence-electron chi connectivity index (χ4n) is 3.41.